The molecule has 0 saturated heterocycles. The zero-order valence-electron chi connectivity index (χ0n) is 7.75. The monoisotopic (exact) mass is 220 g/mol. The van der Waals surface area contributed by atoms with Crippen molar-refractivity contribution in [3.8, 4) is 0 Å². The highest BCUT2D eigenvalue weighted by atomic mass is 35.5. The minimum atomic E-state index is -2.31. The van der Waals surface area contributed by atoms with E-state index in [1.54, 1.807) is 25.4 Å². The fraction of sp³-hybridized carbons (Fsp3) is 0.444. The number of nitrogens with zero attached hydrogens (tertiary/aromatic N) is 2. The van der Waals surface area contributed by atoms with E-state index in [1.807, 2.05) is 0 Å². The van der Waals surface area contributed by atoms with Gasteiger partial charge in [0.25, 0.3) is 6.43 Å². The summed E-state index contributed by atoms with van der Waals surface area (Å²) in [6, 6.07) is 3.43. The Morgan fingerprint density at radius 1 is 1.57 bits per heavy atom. The van der Waals surface area contributed by atoms with Gasteiger partial charge in [-0.15, -0.1) is 0 Å². The molecular weight excluding hydrogens is 210 g/mol. The van der Waals surface area contributed by atoms with Crippen molar-refractivity contribution >= 4 is 11.6 Å². The summed E-state index contributed by atoms with van der Waals surface area (Å²) in [5.41, 5.74) is 0.883. The lowest BCUT2D eigenvalue weighted by atomic mass is 10.2. The van der Waals surface area contributed by atoms with Crippen LogP contribution in [0.5, 0.6) is 0 Å². The molecule has 0 aromatic carbocycles. The summed E-state index contributed by atoms with van der Waals surface area (Å²) in [5.74, 6) is 0. The van der Waals surface area contributed by atoms with Gasteiger partial charge in [0.1, 0.15) is 5.15 Å². The van der Waals surface area contributed by atoms with Gasteiger partial charge in [-0.2, -0.15) is 0 Å². The molecule has 1 aromatic rings. The first-order chi connectivity index (χ1) is 6.58. The number of pyridine rings is 1. The summed E-state index contributed by atoms with van der Waals surface area (Å²) in [6.45, 7) is 0.215. The van der Waals surface area contributed by atoms with Crippen LogP contribution in [-0.4, -0.2) is 29.9 Å². The molecule has 2 nitrogen and oxygen atoms in total. The summed E-state index contributed by atoms with van der Waals surface area (Å²) in [6.07, 6.45) is -0.745. The first kappa shape index (κ1) is 11.3. The van der Waals surface area contributed by atoms with E-state index >= 15 is 0 Å². The molecule has 0 unspecified atom stereocenters. The zero-order valence-corrected chi connectivity index (χ0v) is 8.51. The third-order valence-electron chi connectivity index (χ3n) is 1.69. The smallest absolute Gasteiger partial charge is 0.251 e. The lowest BCUT2D eigenvalue weighted by Gasteiger charge is -2.15. The predicted octanol–water partition coefficient (Wildman–Crippen LogP) is 2.43. The predicted molar refractivity (Wildman–Crippen MR) is 51.6 cm³/mol. The lowest BCUT2D eigenvalue weighted by molar-refractivity contribution is 0.0975. The molecule has 0 N–H and O–H groups in total. The van der Waals surface area contributed by atoms with E-state index in [0.29, 0.717) is 11.7 Å². The molecule has 5 heteroatoms. The molecule has 0 fully saturated rings. The van der Waals surface area contributed by atoms with Crippen molar-refractivity contribution in [1.29, 1.82) is 0 Å². The highest BCUT2D eigenvalue weighted by Crippen LogP contribution is 2.09. The normalized spacial score (nSPS) is 11.3. The number of alkyl halides is 2. The van der Waals surface area contributed by atoms with Crippen LogP contribution in [0.25, 0.3) is 0 Å². The topological polar surface area (TPSA) is 16.1 Å². The zero-order chi connectivity index (χ0) is 10.6. The molecule has 1 heterocycles. The second-order valence-electron chi connectivity index (χ2n) is 3.07. The van der Waals surface area contributed by atoms with Crippen LogP contribution in [0.4, 0.5) is 8.78 Å². The maximum atomic E-state index is 12.0. The number of halogens is 3. The number of hydrogen-bond acceptors (Lipinski definition) is 2. The van der Waals surface area contributed by atoms with Gasteiger partial charge in [0.05, 0.1) is 6.54 Å². The van der Waals surface area contributed by atoms with Crippen LogP contribution in [0.2, 0.25) is 5.15 Å². The standard InChI is InChI=1S/C9H11ClF2N2/c1-14(6-9(11)12)5-7-2-3-13-8(10)4-7/h2-4,9H,5-6H2,1H3. The molecule has 14 heavy (non-hydrogen) atoms. The van der Waals surface area contributed by atoms with Crippen molar-refractivity contribution in [3.63, 3.8) is 0 Å². The van der Waals surface area contributed by atoms with Crippen LogP contribution in [0.3, 0.4) is 0 Å². The Balaban J connectivity index is 2.51. The van der Waals surface area contributed by atoms with Gasteiger partial charge in [0.15, 0.2) is 0 Å². The molecule has 1 aromatic heterocycles. The van der Waals surface area contributed by atoms with E-state index in [0.717, 1.165) is 5.56 Å². The van der Waals surface area contributed by atoms with Gasteiger partial charge >= 0.3 is 0 Å². The Bertz CT molecular complexity index is 294. The Morgan fingerprint density at radius 2 is 2.29 bits per heavy atom. The van der Waals surface area contributed by atoms with Gasteiger partial charge in [0, 0.05) is 12.7 Å². The molecular formula is C9H11ClF2N2. The Hall–Kier alpha value is -0.740. The largest absolute Gasteiger partial charge is 0.297 e. The van der Waals surface area contributed by atoms with Crippen LogP contribution >= 0.6 is 11.6 Å². The third-order valence-corrected chi connectivity index (χ3v) is 1.90. The van der Waals surface area contributed by atoms with E-state index < -0.39 is 6.43 Å². The van der Waals surface area contributed by atoms with Gasteiger partial charge in [-0.25, -0.2) is 13.8 Å². The minimum Gasteiger partial charge on any atom is -0.297 e. The van der Waals surface area contributed by atoms with Gasteiger partial charge < -0.3 is 0 Å². The second-order valence-corrected chi connectivity index (χ2v) is 3.46. The van der Waals surface area contributed by atoms with Crippen molar-refractivity contribution in [2.45, 2.75) is 13.0 Å². The molecule has 0 bridgehead atoms. The van der Waals surface area contributed by atoms with Crippen molar-refractivity contribution in [1.82, 2.24) is 9.88 Å². The van der Waals surface area contributed by atoms with Crippen LogP contribution in [0.1, 0.15) is 5.56 Å². The molecule has 0 aliphatic heterocycles. The number of rotatable bonds is 4. The number of hydrogen-bond donors (Lipinski definition) is 0. The molecule has 0 atom stereocenters. The van der Waals surface area contributed by atoms with E-state index in [2.05, 4.69) is 4.98 Å². The lowest BCUT2D eigenvalue weighted by Crippen LogP contribution is -2.24. The molecule has 0 aliphatic carbocycles. The fourth-order valence-electron chi connectivity index (χ4n) is 1.15. The molecule has 0 spiro atoms. The molecule has 1 rings (SSSR count). The van der Waals surface area contributed by atoms with Crippen molar-refractivity contribution in [3.05, 3.63) is 29.0 Å². The first-order valence-corrected chi connectivity index (χ1v) is 4.53. The SMILES string of the molecule is CN(Cc1ccnc(Cl)c1)CC(F)F. The van der Waals surface area contributed by atoms with Crippen LogP contribution in [-0.2, 0) is 6.54 Å². The Labute approximate surface area is 86.5 Å². The minimum absolute atomic E-state index is 0.236. The van der Waals surface area contributed by atoms with E-state index in [-0.39, 0.29) is 6.54 Å². The van der Waals surface area contributed by atoms with Crippen molar-refractivity contribution in [2.75, 3.05) is 13.6 Å². The maximum absolute atomic E-state index is 12.0. The Morgan fingerprint density at radius 3 is 2.86 bits per heavy atom. The van der Waals surface area contributed by atoms with E-state index in [4.69, 9.17) is 11.6 Å². The molecule has 78 valence electrons. The first-order valence-electron chi connectivity index (χ1n) is 4.15. The fourth-order valence-corrected chi connectivity index (χ4v) is 1.35. The van der Waals surface area contributed by atoms with Gasteiger partial charge in [-0.3, -0.25) is 4.90 Å². The second kappa shape index (κ2) is 5.22. The van der Waals surface area contributed by atoms with Gasteiger partial charge in [-0.1, -0.05) is 11.6 Å². The average molecular weight is 221 g/mol. The van der Waals surface area contributed by atoms with Crippen LogP contribution < -0.4 is 0 Å². The summed E-state index contributed by atoms with van der Waals surface area (Å²) < 4.78 is 24.0. The highest BCUT2D eigenvalue weighted by Gasteiger charge is 2.07. The van der Waals surface area contributed by atoms with Crippen molar-refractivity contribution < 1.29 is 8.78 Å². The Kier molecular flexibility index (Phi) is 4.22. The average Bonchev–Trinajstić information content (AvgIpc) is 2.01. The van der Waals surface area contributed by atoms with E-state index in [1.165, 1.54) is 4.90 Å². The summed E-state index contributed by atoms with van der Waals surface area (Å²) in [7, 11) is 1.64. The molecule has 0 radical (unpaired) electrons. The molecule has 0 saturated carbocycles. The van der Waals surface area contributed by atoms with Gasteiger partial charge in [-0.05, 0) is 24.7 Å². The summed E-state index contributed by atoms with van der Waals surface area (Å²) in [5, 5.41) is 0.382. The van der Waals surface area contributed by atoms with Crippen LogP contribution in [0, 0.1) is 0 Å². The van der Waals surface area contributed by atoms with Gasteiger partial charge in [0.2, 0.25) is 0 Å². The maximum Gasteiger partial charge on any atom is 0.251 e. The highest BCUT2D eigenvalue weighted by molar-refractivity contribution is 6.29. The van der Waals surface area contributed by atoms with Crippen molar-refractivity contribution in [2.24, 2.45) is 0 Å². The quantitative estimate of drug-likeness (QED) is 0.725. The van der Waals surface area contributed by atoms with Crippen LogP contribution in [0.15, 0.2) is 18.3 Å². The summed E-state index contributed by atoms with van der Waals surface area (Å²) in [4.78, 5) is 5.34. The van der Waals surface area contributed by atoms with E-state index in [9.17, 15) is 8.78 Å². The third kappa shape index (κ3) is 3.98. The molecule has 0 amide bonds. The summed E-state index contributed by atoms with van der Waals surface area (Å²) >= 11 is 5.66. The number of aromatic nitrogens is 1. The molecule has 0 aliphatic rings.